The maximum Gasteiger partial charge on any atom is 0.242 e. The minimum Gasteiger partial charge on any atom is -0.332 e. The van der Waals surface area contributed by atoms with Crippen LogP contribution < -0.4 is 10.6 Å². The van der Waals surface area contributed by atoms with E-state index in [2.05, 4.69) is 10.6 Å². The van der Waals surface area contributed by atoms with Gasteiger partial charge in [0.15, 0.2) is 5.11 Å². The molecular weight excluding hydrogens is 370 g/mol. The minimum absolute atomic E-state index is 0.0834. The van der Waals surface area contributed by atoms with Crippen LogP contribution >= 0.6 is 12.2 Å². The van der Waals surface area contributed by atoms with Gasteiger partial charge in [0.2, 0.25) is 15.9 Å². The third-order valence-electron chi connectivity index (χ3n) is 4.65. The number of anilines is 1. The number of amides is 1. The summed E-state index contributed by atoms with van der Waals surface area (Å²) >= 11 is 5.16. The number of carbonyl (C=O) groups is 1. The second-order valence-electron chi connectivity index (χ2n) is 6.86. The summed E-state index contributed by atoms with van der Waals surface area (Å²) in [4.78, 5) is 12.2. The van der Waals surface area contributed by atoms with Gasteiger partial charge < -0.3 is 10.6 Å². The first-order valence-corrected chi connectivity index (χ1v) is 10.8. The van der Waals surface area contributed by atoms with Gasteiger partial charge in [-0.15, -0.1) is 0 Å². The number of rotatable bonds is 6. The van der Waals surface area contributed by atoms with E-state index in [-0.39, 0.29) is 15.9 Å². The van der Waals surface area contributed by atoms with Gasteiger partial charge in [-0.05, 0) is 48.8 Å². The molecule has 6 nitrogen and oxygen atoms in total. The molecule has 1 fully saturated rings. The van der Waals surface area contributed by atoms with Gasteiger partial charge >= 0.3 is 0 Å². The molecule has 1 aromatic rings. The van der Waals surface area contributed by atoms with Crippen molar-refractivity contribution in [2.75, 3.05) is 19.4 Å². The Hall–Kier alpha value is -1.51. The van der Waals surface area contributed by atoms with Crippen LogP contribution in [0.1, 0.15) is 44.9 Å². The van der Waals surface area contributed by atoms with Gasteiger partial charge in [-0.2, -0.15) is 0 Å². The Balaban J connectivity index is 1.80. The lowest BCUT2D eigenvalue weighted by molar-refractivity contribution is -0.120. The fraction of sp³-hybridized carbons (Fsp3) is 0.556. The number of nitrogens with zero attached hydrogens (tertiary/aromatic N) is 1. The lowest BCUT2D eigenvalue weighted by Crippen LogP contribution is -2.34. The molecular formula is C18H27N3O3S2. The molecule has 144 valence electrons. The molecule has 1 aliphatic rings. The van der Waals surface area contributed by atoms with Crippen molar-refractivity contribution in [2.24, 2.45) is 5.92 Å². The van der Waals surface area contributed by atoms with Gasteiger partial charge in [0.1, 0.15) is 0 Å². The van der Waals surface area contributed by atoms with Crippen molar-refractivity contribution in [3.05, 3.63) is 24.3 Å². The molecule has 1 aromatic carbocycles. The molecule has 0 aromatic heterocycles. The molecule has 0 bridgehead atoms. The monoisotopic (exact) mass is 397 g/mol. The number of hydrogen-bond acceptors (Lipinski definition) is 4. The van der Waals surface area contributed by atoms with E-state index < -0.39 is 10.0 Å². The fourth-order valence-corrected chi connectivity index (χ4v) is 4.22. The Morgan fingerprint density at radius 1 is 1.15 bits per heavy atom. The molecule has 0 atom stereocenters. The number of carbonyl (C=O) groups excluding carboxylic acids is 1. The Kier molecular flexibility index (Phi) is 7.55. The summed E-state index contributed by atoms with van der Waals surface area (Å²) in [6, 6.07) is 6.25. The molecule has 2 rings (SSSR count). The molecule has 8 heteroatoms. The van der Waals surface area contributed by atoms with Crippen LogP contribution in [-0.4, -0.2) is 37.8 Å². The highest BCUT2D eigenvalue weighted by molar-refractivity contribution is 7.89. The van der Waals surface area contributed by atoms with E-state index in [1.165, 1.54) is 58.3 Å². The molecule has 0 aliphatic heterocycles. The summed E-state index contributed by atoms with van der Waals surface area (Å²) in [5.41, 5.74) is 0.625. The molecule has 1 amide bonds. The largest absolute Gasteiger partial charge is 0.332 e. The Labute approximate surface area is 161 Å². The number of sulfonamides is 1. The molecule has 0 spiro atoms. The van der Waals surface area contributed by atoms with E-state index in [0.29, 0.717) is 18.0 Å². The summed E-state index contributed by atoms with van der Waals surface area (Å²) in [5, 5.41) is 5.82. The first-order valence-electron chi connectivity index (χ1n) is 8.92. The van der Waals surface area contributed by atoms with Crippen LogP contribution in [0, 0.1) is 5.92 Å². The lowest BCUT2D eigenvalue weighted by Gasteiger charge is -2.21. The molecule has 2 N–H and O–H groups in total. The first-order chi connectivity index (χ1) is 12.3. The fourth-order valence-electron chi connectivity index (χ4n) is 3.08. The van der Waals surface area contributed by atoms with Gasteiger partial charge in [-0.1, -0.05) is 32.1 Å². The quantitative estimate of drug-likeness (QED) is 0.721. The molecule has 0 unspecified atom stereocenters. The van der Waals surface area contributed by atoms with Crippen molar-refractivity contribution in [3.8, 4) is 0 Å². The smallest absolute Gasteiger partial charge is 0.242 e. The van der Waals surface area contributed by atoms with Crippen molar-refractivity contribution in [2.45, 2.75) is 49.8 Å². The zero-order valence-corrected chi connectivity index (χ0v) is 17.0. The van der Waals surface area contributed by atoms with Crippen LogP contribution in [0.2, 0.25) is 0 Å². The third-order valence-corrected chi connectivity index (χ3v) is 6.68. The molecule has 26 heavy (non-hydrogen) atoms. The van der Waals surface area contributed by atoms with Crippen molar-refractivity contribution in [1.82, 2.24) is 9.62 Å². The van der Waals surface area contributed by atoms with Gasteiger partial charge in [-0.3, -0.25) is 4.79 Å². The Morgan fingerprint density at radius 3 is 2.35 bits per heavy atom. The van der Waals surface area contributed by atoms with Gasteiger partial charge in [0, 0.05) is 26.2 Å². The van der Waals surface area contributed by atoms with Crippen molar-refractivity contribution < 1.29 is 13.2 Å². The van der Waals surface area contributed by atoms with Gasteiger partial charge in [0.25, 0.3) is 0 Å². The summed E-state index contributed by atoms with van der Waals surface area (Å²) in [7, 11) is -0.485. The number of hydrogen-bond donors (Lipinski definition) is 2. The second-order valence-corrected chi connectivity index (χ2v) is 9.42. The van der Waals surface area contributed by atoms with E-state index in [0.717, 1.165) is 10.7 Å². The van der Waals surface area contributed by atoms with Crippen LogP contribution in [0.25, 0.3) is 0 Å². The summed E-state index contributed by atoms with van der Waals surface area (Å²) in [5.74, 6) is 0.571. The molecule has 1 saturated carbocycles. The summed E-state index contributed by atoms with van der Waals surface area (Å²) in [6.07, 6.45) is 7.68. The first kappa shape index (κ1) is 20.8. The number of thiocarbonyl (C=S) groups is 1. The van der Waals surface area contributed by atoms with Crippen molar-refractivity contribution >= 4 is 38.9 Å². The van der Waals surface area contributed by atoms with E-state index in [1.54, 1.807) is 12.1 Å². The van der Waals surface area contributed by atoms with Crippen LogP contribution in [-0.2, 0) is 14.8 Å². The van der Waals surface area contributed by atoms with Crippen LogP contribution in [0.5, 0.6) is 0 Å². The van der Waals surface area contributed by atoms with Gasteiger partial charge in [-0.25, -0.2) is 12.7 Å². The highest BCUT2D eigenvalue weighted by Gasteiger charge is 2.17. The van der Waals surface area contributed by atoms with Gasteiger partial charge in [0.05, 0.1) is 4.90 Å². The SMILES string of the molecule is CN(C)S(=O)(=O)c1ccc(NC(=S)NC(=O)CCC2CCCCC2)cc1. The molecule has 1 aliphatic carbocycles. The second kappa shape index (κ2) is 9.43. The summed E-state index contributed by atoms with van der Waals surface area (Å²) in [6.45, 7) is 0. The maximum atomic E-state index is 12.0. The summed E-state index contributed by atoms with van der Waals surface area (Å²) < 4.78 is 25.2. The normalized spacial score (nSPS) is 15.7. The highest BCUT2D eigenvalue weighted by atomic mass is 32.2. The van der Waals surface area contributed by atoms with Crippen molar-refractivity contribution in [1.29, 1.82) is 0 Å². The number of benzene rings is 1. The lowest BCUT2D eigenvalue weighted by atomic mass is 9.86. The number of nitrogens with one attached hydrogen (secondary N) is 2. The average Bonchev–Trinajstić information content (AvgIpc) is 2.61. The topological polar surface area (TPSA) is 78.5 Å². The third kappa shape index (κ3) is 6.03. The van der Waals surface area contributed by atoms with Crippen LogP contribution in [0.4, 0.5) is 5.69 Å². The van der Waals surface area contributed by atoms with Crippen molar-refractivity contribution in [3.63, 3.8) is 0 Å². The zero-order chi connectivity index (χ0) is 19.2. The highest BCUT2D eigenvalue weighted by Crippen LogP contribution is 2.27. The molecule has 0 radical (unpaired) electrons. The zero-order valence-electron chi connectivity index (χ0n) is 15.3. The maximum absolute atomic E-state index is 12.0. The standard InChI is InChI=1S/C18H27N3O3S2/c1-21(2)26(23,24)16-11-9-15(10-12-16)19-18(25)20-17(22)13-8-14-6-4-3-5-7-14/h9-12,14H,3-8,13H2,1-2H3,(H2,19,20,22,25). The van der Waals surface area contributed by atoms with E-state index in [9.17, 15) is 13.2 Å². The predicted molar refractivity (Wildman–Crippen MR) is 107 cm³/mol. The Morgan fingerprint density at radius 2 is 1.77 bits per heavy atom. The molecule has 0 saturated heterocycles. The van der Waals surface area contributed by atoms with E-state index in [4.69, 9.17) is 12.2 Å². The van der Waals surface area contributed by atoms with Crippen LogP contribution in [0.3, 0.4) is 0 Å². The Bertz CT molecular complexity index is 725. The predicted octanol–water partition coefficient (Wildman–Crippen LogP) is 3.11. The average molecular weight is 398 g/mol. The van der Waals surface area contributed by atoms with Crippen LogP contribution in [0.15, 0.2) is 29.2 Å². The van der Waals surface area contributed by atoms with E-state index >= 15 is 0 Å². The van der Waals surface area contributed by atoms with E-state index in [1.807, 2.05) is 0 Å². The molecule has 0 heterocycles. The minimum atomic E-state index is -3.46.